The second-order valence-electron chi connectivity index (χ2n) is 7.16. The lowest BCUT2D eigenvalue weighted by atomic mass is 9.98. The normalized spacial score (nSPS) is 28.9. The van der Waals surface area contributed by atoms with Gasteiger partial charge in [0.1, 0.15) is 11.9 Å². The van der Waals surface area contributed by atoms with Crippen LogP contribution in [-0.4, -0.2) is 35.7 Å². The lowest BCUT2D eigenvalue weighted by Crippen LogP contribution is -2.24. The molecule has 5 heteroatoms. The fourth-order valence-electron chi connectivity index (χ4n) is 3.75. The molecule has 1 N–H and O–H groups in total. The standard InChI is InChI=1S/C20H26O5/c1-4-16-14(11-17-19(16)25-20(2,3)24-17)12-18(22)23-10-9-13-5-7-15(21)8-6-13/h4-8,14,17,19,21H,9-12H2,1-3H3/b16-4+/t14-,17+,19-/m1/s1. The Balaban J connectivity index is 1.47. The minimum atomic E-state index is -0.556. The molecule has 0 unspecified atom stereocenters. The van der Waals surface area contributed by atoms with E-state index in [-0.39, 0.29) is 29.8 Å². The molecule has 1 saturated heterocycles. The lowest BCUT2D eigenvalue weighted by Gasteiger charge is -2.21. The minimum absolute atomic E-state index is 0.0241. The minimum Gasteiger partial charge on any atom is -0.508 e. The largest absolute Gasteiger partial charge is 0.508 e. The maximum Gasteiger partial charge on any atom is 0.306 e. The Bertz CT molecular complexity index is 647. The number of esters is 1. The van der Waals surface area contributed by atoms with Crippen molar-refractivity contribution in [2.45, 2.75) is 58.0 Å². The predicted octanol–water partition coefficient (Wildman–Crippen LogP) is 3.35. The van der Waals surface area contributed by atoms with Crippen molar-refractivity contribution in [2.24, 2.45) is 5.92 Å². The summed E-state index contributed by atoms with van der Waals surface area (Å²) in [6.07, 6.45) is 3.81. The van der Waals surface area contributed by atoms with E-state index in [9.17, 15) is 9.90 Å². The molecule has 5 nitrogen and oxygen atoms in total. The predicted molar refractivity (Wildman–Crippen MR) is 93.1 cm³/mol. The van der Waals surface area contributed by atoms with Crippen LogP contribution in [-0.2, 0) is 25.4 Å². The first-order valence-corrected chi connectivity index (χ1v) is 8.83. The summed E-state index contributed by atoms with van der Waals surface area (Å²) in [7, 11) is 0. The molecule has 1 aromatic rings. The molecule has 2 fully saturated rings. The van der Waals surface area contributed by atoms with E-state index in [1.807, 2.05) is 39.0 Å². The molecule has 136 valence electrons. The number of fused-ring (bicyclic) bond motifs is 1. The van der Waals surface area contributed by atoms with E-state index in [0.717, 1.165) is 17.6 Å². The third-order valence-electron chi connectivity index (χ3n) is 4.84. The van der Waals surface area contributed by atoms with Gasteiger partial charge in [0.15, 0.2) is 5.79 Å². The third-order valence-corrected chi connectivity index (χ3v) is 4.84. The van der Waals surface area contributed by atoms with E-state index >= 15 is 0 Å². The summed E-state index contributed by atoms with van der Waals surface area (Å²) in [6, 6.07) is 6.92. The molecule has 1 aromatic carbocycles. The van der Waals surface area contributed by atoms with Crippen LogP contribution in [0.4, 0.5) is 0 Å². The van der Waals surface area contributed by atoms with E-state index in [4.69, 9.17) is 14.2 Å². The van der Waals surface area contributed by atoms with Crippen molar-refractivity contribution in [3.63, 3.8) is 0 Å². The average molecular weight is 346 g/mol. The maximum absolute atomic E-state index is 12.2. The van der Waals surface area contributed by atoms with Gasteiger partial charge in [0.25, 0.3) is 0 Å². The Morgan fingerprint density at radius 1 is 1.32 bits per heavy atom. The highest BCUT2D eigenvalue weighted by molar-refractivity contribution is 5.70. The van der Waals surface area contributed by atoms with Crippen molar-refractivity contribution in [1.29, 1.82) is 0 Å². The number of aromatic hydroxyl groups is 1. The number of carbonyl (C=O) groups is 1. The Morgan fingerprint density at radius 2 is 2.04 bits per heavy atom. The summed E-state index contributed by atoms with van der Waals surface area (Å²) in [4.78, 5) is 12.2. The van der Waals surface area contributed by atoms with Crippen LogP contribution in [0.5, 0.6) is 5.75 Å². The first-order chi connectivity index (χ1) is 11.9. The van der Waals surface area contributed by atoms with Crippen LogP contribution in [0.3, 0.4) is 0 Å². The average Bonchev–Trinajstić information content (AvgIpc) is 3.00. The summed E-state index contributed by atoms with van der Waals surface area (Å²) in [6.45, 7) is 6.17. The molecule has 25 heavy (non-hydrogen) atoms. The van der Waals surface area contributed by atoms with Gasteiger partial charge in [-0.15, -0.1) is 0 Å². The Labute approximate surface area is 148 Å². The van der Waals surface area contributed by atoms with Gasteiger partial charge in [-0.1, -0.05) is 18.2 Å². The van der Waals surface area contributed by atoms with E-state index in [0.29, 0.717) is 19.4 Å². The molecule has 1 saturated carbocycles. The van der Waals surface area contributed by atoms with Crippen LogP contribution in [0.1, 0.15) is 39.2 Å². The van der Waals surface area contributed by atoms with Crippen LogP contribution < -0.4 is 0 Å². The van der Waals surface area contributed by atoms with Gasteiger partial charge in [-0.3, -0.25) is 4.79 Å². The number of allylic oxidation sites excluding steroid dienone is 1. The first kappa shape index (κ1) is 18.0. The Kier molecular flexibility index (Phi) is 5.16. The number of carbonyl (C=O) groups excluding carboxylic acids is 1. The maximum atomic E-state index is 12.2. The number of phenolic OH excluding ortho intramolecular Hbond substituents is 1. The van der Waals surface area contributed by atoms with Crippen LogP contribution in [0.2, 0.25) is 0 Å². The number of phenols is 1. The van der Waals surface area contributed by atoms with Gasteiger partial charge in [0, 0.05) is 6.42 Å². The number of rotatable bonds is 5. The van der Waals surface area contributed by atoms with Crippen molar-refractivity contribution in [3.8, 4) is 5.75 Å². The molecule has 0 spiro atoms. The van der Waals surface area contributed by atoms with Crippen LogP contribution in [0.25, 0.3) is 0 Å². The van der Waals surface area contributed by atoms with Gasteiger partial charge < -0.3 is 19.3 Å². The van der Waals surface area contributed by atoms with Gasteiger partial charge in [0.05, 0.1) is 19.1 Å². The highest BCUT2D eigenvalue weighted by atomic mass is 16.8. The molecule has 1 heterocycles. The smallest absolute Gasteiger partial charge is 0.306 e. The van der Waals surface area contributed by atoms with Gasteiger partial charge in [-0.2, -0.15) is 0 Å². The molecule has 0 aromatic heterocycles. The van der Waals surface area contributed by atoms with Crippen molar-refractivity contribution in [1.82, 2.24) is 0 Å². The number of hydrogen-bond donors (Lipinski definition) is 1. The van der Waals surface area contributed by atoms with Crippen LogP contribution in [0, 0.1) is 5.92 Å². The second kappa shape index (κ2) is 7.18. The zero-order valence-electron chi connectivity index (χ0n) is 15.0. The van der Waals surface area contributed by atoms with E-state index < -0.39 is 5.79 Å². The molecule has 3 rings (SSSR count). The monoisotopic (exact) mass is 346 g/mol. The topological polar surface area (TPSA) is 65.0 Å². The van der Waals surface area contributed by atoms with Crippen molar-refractivity contribution in [3.05, 3.63) is 41.5 Å². The molecule has 2 aliphatic rings. The van der Waals surface area contributed by atoms with Gasteiger partial charge >= 0.3 is 5.97 Å². The van der Waals surface area contributed by atoms with E-state index in [1.165, 1.54) is 0 Å². The fourth-order valence-corrected chi connectivity index (χ4v) is 3.75. The number of ether oxygens (including phenoxy) is 3. The molecular weight excluding hydrogens is 320 g/mol. The molecular formula is C20H26O5. The SMILES string of the molecule is C/C=C1\[C@@H](CC(=O)OCCc2ccc(O)cc2)C[C@@H]2OC(C)(C)O[C@H]12. The van der Waals surface area contributed by atoms with Gasteiger partial charge in [0.2, 0.25) is 0 Å². The zero-order valence-corrected chi connectivity index (χ0v) is 15.0. The summed E-state index contributed by atoms with van der Waals surface area (Å²) in [5, 5.41) is 9.27. The van der Waals surface area contributed by atoms with E-state index in [1.54, 1.807) is 12.1 Å². The number of hydrogen-bond acceptors (Lipinski definition) is 5. The van der Waals surface area contributed by atoms with Crippen molar-refractivity contribution in [2.75, 3.05) is 6.61 Å². The first-order valence-electron chi connectivity index (χ1n) is 8.83. The molecule has 0 amide bonds. The molecule has 3 atom stereocenters. The molecule has 1 aliphatic carbocycles. The lowest BCUT2D eigenvalue weighted by molar-refractivity contribution is -0.151. The highest BCUT2D eigenvalue weighted by Gasteiger charge is 2.50. The molecule has 1 aliphatic heterocycles. The Morgan fingerprint density at radius 3 is 2.72 bits per heavy atom. The third kappa shape index (κ3) is 4.22. The quantitative estimate of drug-likeness (QED) is 0.654. The zero-order chi connectivity index (χ0) is 18.0. The summed E-state index contributed by atoms with van der Waals surface area (Å²) in [5.41, 5.74) is 2.17. The Hall–Kier alpha value is -1.85. The summed E-state index contributed by atoms with van der Waals surface area (Å²) in [5.74, 6) is -0.391. The van der Waals surface area contributed by atoms with Gasteiger partial charge in [-0.25, -0.2) is 0 Å². The van der Waals surface area contributed by atoms with Crippen LogP contribution >= 0.6 is 0 Å². The second-order valence-corrected chi connectivity index (χ2v) is 7.16. The van der Waals surface area contributed by atoms with E-state index in [2.05, 4.69) is 0 Å². The summed E-state index contributed by atoms with van der Waals surface area (Å²) >= 11 is 0. The molecule has 0 bridgehead atoms. The molecule has 0 radical (unpaired) electrons. The highest BCUT2D eigenvalue weighted by Crippen LogP contribution is 2.45. The fraction of sp³-hybridized carbons (Fsp3) is 0.550. The van der Waals surface area contributed by atoms with Crippen molar-refractivity contribution < 1.29 is 24.1 Å². The number of benzene rings is 1. The summed E-state index contributed by atoms with van der Waals surface area (Å²) < 4.78 is 17.3. The van der Waals surface area contributed by atoms with Crippen LogP contribution in [0.15, 0.2) is 35.9 Å². The van der Waals surface area contributed by atoms with Crippen molar-refractivity contribution >= 4 is 5.97 Å². The van der Waals surface area contributed by atoms with Gasteiger partial charge in [-0.05, 0) is 56.4 Å².